The summed E-state index contributed by atoms with van der Waals surface area (Å²) in [5.74, 6) is 1.20. The molecule has 2 fully saturated rings. The number of carbonyl (C=O) groups is 2. The van der Waals surface area contributed by atoms with Gasteiger partial charge in [-0.1, -0.05) is 69.2 Å². The van der Waals surface area contributed by atoms with Gasteiger partial charge in [0.2, 0.25) is 11.8 Å². The molecule has 3 N–H and O–H groups in total. The standard InChI is InChI=1S/C27H52N4O2/c1-17(2)28-22(13-26(5,6)7)24(32)30-21-12-11-19-15-31(16-20(19)21)25(33)23(29-18(3)4)14-27(8,9)10/h17-23,28-29H,11-16H2,1-10H3,(H,30,32)/t19-,20+,21+,22+,23+/m1/s1. The Morgan fingerprint density at radius 1 is 0.818 bits per heavy atom. The maximum Gasteiger partial charge on any atom is 0.239 e. The molecule has 2 amide bonds. The average Bonchev–Trinajstić information content (AvgIpc) is 3.18. The topological polar surface area (TPSA) is 73.5 Å². The normalized spacial score (nSPS) is 25.5. The number of fused-ring (bicyclic) bond motifs is 1. The molecule has 6 heteroatoms. The zero-order valence-corrected chi connectivity index (χ0v) is 23.0. The zero-order valence-electron chi connectivity index (χ0n) is 23.0. The molecule has 0 unspecified atom stereocenters. The monoisotopic (exact) mass is 464 g/mol. The van der Waals surface area contributed by atoms with Crippen LogP contribution in [0.5, 0.6) is 0 Å². The second-order valence-electron chi connectivity index (χ2n) is 13.6. The van der Waals surface area contributed by atoms with Crippen molar-refractivity contribution in [1.29, 1.82) is 0 Å². The maximum absolute atomic E-state index is 13.5. The first-order chi connectivity index (χ1) is 15.1. The summed E-state index contributed by atoms with van der Waals surface area (Å²) in [7, 11) is 0. The molecule has 1 aliphatic heterocycles. The van der Waals surface area contributed by atoms with Crippen LogP contribution in [0.25, 0.3) is 0 Å². The van der Waals surface area contributed by atoms with Crippen LogP contribution >= 0.6 is 0 Å². The lowest BCUT2D eigenvalue weighted by molar-refractivity contribution is -0.133. The lowest BCUT2D eigenvalue weighted by Gasteiger charge is -2.32. The number of nitrogens with one attached hydrogen (secondary N) is 3. The number of hydrogen-bond acceptors (Lipinski definition) is 4. The van der Waals surface area contributed by atoms with E-state index in [-0.39, 0.29) is 52.9 Å². The third-order valence-corrected chi connectivity index (χ3v) is 6.81. The fourth-order valence-corrected chi connectivity index (χ4v) is 5.60. The van der Waals surface area contributed by atoms with Crippen LogP contribution in [0.15, 0.2) is 0 Å². The summed E-state index contributed by atoms with van der Waals surface area (Å²) < 4.78 is 0. The minimum Gasteiger partial charge on any atom is -0.352 e. The molecule has 0 bridgehead atoms. The molecule has 0 radical (unpaired) electrons. The minimum atomic E-state index is -0.186. The first-order valence-corrected chi connectivity index (χ1v) is 13.2. The van der Waals surface area contributed by atoms with Crippen molar-refractivity contribution >= 4 is 11.8 Å². The molecule has 1 saturated heterocycles. The van der Waals surface area contributed by atoms with Crippen molar-refractivity contribution in [2.45, 2.75) is 125 Å². The summed E-state index contributed by atoms with van der Waals surface area (Å²) in [5, 5.41) is 10.4. The highest BCUT2D eigenvalue weighted by Crippen LogP contribution is 2.39. The van der Waals surface area contributed by atoms with E-state index in [2.05, 4.69) is 90.1 Å². The molecule has 5 atom stereocenters. The first kappa shape index (κ1) is 28.1. The predicted octanol–water partition coefficient (Wildman–Crippen LogP) is 3.95. The zero-order chi connectivity index (χ0) is 25.1. The first-order valence-electron chi connectivity index (χ1n) is 13.2. The van der Waals surface area contributed by atoms with E-state index in [1.54, 1.807) is 0 Å². The van der Waals surface area contributed by atoms with Crippen LogP contribution < -0.4 is 16.0 Å². The highest BCUT2D eigenvalue weighted by Gasteiger charge is 2.46. The number of amides is 2. The van der Waals surface area contributed by atoms with Crippen molar-refractivity contribution in [1.82, 2.24) is 20.9 Å². The molecule has 192 valence electrons. The molecule has 6 nitrogen and oxygen atoms in total. The highest BCUT2D eigenvalue weighted by molar-refractivity contribution is 5.83. The van der Waals surface area contributed by atoms with E-state index in [4.69, 9.17) is 0 Å². The van der Waals surface area contributed by atoms with Crippen molar-refractivity contribution < 1.29 is 9.59 Å². The number of hydrogen-bond donors (Lipinski definition) is 3. The Hall–Kier alpha value is -1.14. The Balaban J connectivity index is 2.04. The highest BCUT2D eigenvalue weighted by atomic mass is 16.2. The third-order valence-electron chi connectivity index (χ3n) is 6.81. The molecule has 0 spiro atoms. The second-order valence-corrected chi connectivity index (χ2v) is 13.6. The summed E-state index contributed by atoms with van der Waals surface area (Å²) >= 11 is 0. The number of rotatable bonds is 9. The van der Waals surface area contributed by atoms with Crippen molar-refractivity contribution in [2.24, 2.45) is 22.7 Å². The van der Waals surface area contributed by atoms with E-state index in [9.17, 15) is 9.59 Å². The van der Waals surface area contributed by atoms with E-state index < -0.39 is 0 Å². The smallest absolute Gasteiger partial charge is 0.239 e. The van der Waals surface area contributed by atoms with Gasteiger partial charge in [-0.3, -0.25) is 9.59 Å². The van der Waals surface area contributed by atoms with Crippen molar-refractivity contribution in [3.63, 3.8) is 0 Å². The van der Waals surface area contributed by atoms with Gasteiger partial charge in [-0.05, 0) is 42.4 Å². The van der Waals surface area contributed by atoms with Crippen LogP contribution in [0.2, 0.25) is 0 Å². The molecule has 0 aromatic heterocycles. The van der Waals surface area contributed by atoms with E-state index >= 15 is 0 Å². The molecule has 33 heavy (non-hydrogen) atoms. The van der Waals surface area contributed by atoms with Gasteiger partial charge in [0.15, 0.2) is 0 Å². The fourth-order valence-electron chi connectivity index (χ4n) is 5.60. The van der Waals surface area contributed by atoms with Gasteiger partial charge in [0.05, 0.1) is 12.1 Å². The van der Waals surface area contributed by atoms with Crippen molar-refractivity contribution in [2.75, 3.05) is 13.1 Å². The van der Waals surface area contributed by atoms with E-state index in [0.717, 1.165) is 38.8 Å². The van der Waals surface area contributed by atoms with Crippen molar-refractivity contribution in [3.8, 4) is 0 Å². The van der Waals surface area contributed by atoms with E-state index in [0.29, 0.717) is 11.8 Å². The number of likely N-dealkylation sites (tertiary alicyclic amines) is 1. The molecule has 0 aromatic rings. The molecular weight excluding hydrogens is 412 g/mol. The van der Waals surface area contributed by atoms with Crippen LogP contribution in [0.1, 0.15) is 94.9 Å². The van der Waals surface area contributed by atoms with Crippen molar-refractivity contribution in [3.05, 3.63) is 0 Å². The quantitative estimate of drug-likeness (QED) is 0.483. The number of carbonyl (C=O) groups excluding carboxylic acids is 2. The van der Waals surface area contributed by atoms with Gasteiger partial charge in [-0.25, -0.2) is 0 Å². The van der Waals surface area contributed by atoms with Crippen LogP contribution in [-0.2, 0) is 9.59 Å². The minimum absolute atomic E-state index is 0.0736. The van der Waals surface area contributed by atoms with Crippen LogP contribution in [0, 0.1) is 22.7 Å². The molecule has 1 aliphatic carbocycles. The molecular formula is C27H52N4O2. The number of nitrogens with zero attached hydrogens (tertiary/aromatic N) is 1. The van der Waals surface area contributed by atoms with Gasteiger partial charge in [-0.15, -0.1) is 0 Å². The van der Waals surface area contributed by atoms with E-state index in [1.807, 2.05) is 0 Å². The molecule has 1 saturated carbocycles. The van der Waals surface area contributed by atoms with Gasteiger partial charge in [0.1, 0.15) is 0 Å². The molecule has 1 heterocycles. The Kier molecular flexibility index (Phi) is 9.42. The van der Waals surface area contributed by atoms with Gasteiger partial charge in [-0.2, -0.15) is 0 Å². The Morgan fingerprint density at radius 3 is 1.85 bits per heavy atom. The SMILES string of the molecule is CC(C)N[C@@H](CC(C)(C)C)C(=O)N[C@H]1CC[C@@H]2CN(C(=O)[C@H](CC(C)(C)C)NC(C)C)C[C@@H]21. The third kappa shape index (κ3) is 8.86. The second kappa shape index (κ2) is 11.1. The summed E-state index contributed by atoms with van der Waals surface area (Å²) in [6.07, 6.45) is 3.73. The average molecular weight is 465 g/mol. The van der Waals surface area contributed by atoms with Gasteiger partial charge >= 0.3 is 0 Å². The van der Waals surface area contributed by atoms with E-state index in [1.165, 1.54) is 0 Å². The Bertz CT molecular complexity index is 662. The summed E-state index contributed by atoms with van der Waals surface area (Å²) in [5.41, 5.74) is 0.157. The summed E-state index contributed by atoms with van der Waals surface area (Å²) in [4.78, 5) is 28.8. The largest absolute Gasteiger partial charge is 0.352 e. The molecule has 2 rings (SSSR count). The fraction of sp³-hybridized carbons (Fsp3) is 0.926. The summed E-state index contributed by atoms with van der Waals surface area (Å²) in [6.45, 7) is 23.1. The van der Waals surface area contributed by atoms with Gasteiger partial charge < -0.3 is 20.9 Å². The maximum atomic E-state index is 13.5. The van der Waals surface area contributed by atoms with Crippen LogP contribution in [0.4, 0.5) is 0 Å². The van der Waals surface area contributed by atoms with Crippen LogP contribution in [-0.4, -0.2) is 60.0 Å². The molecule has 2 aliphatic rings. The van der Waals surface area contributed by atoms with Crippen LogP contribution in [0.3, 0.4) is 0 Å². The van der Waals surface area contributed by atoms with Gasteiger partial charge in [0, 0.05) is 37.1 Å². The lowest BCUT2D eigenvalue weighted by Crippen LogP contribution is -2.52. The lowest BCUT2D eigenvalue weighted by atomic mass is 9.87. The van der Waals surface area contributed by atoms with Gasteiger partial charge in [0.25, 0.3) is 0 Å². The molecule has 0 aromatic carbocycles. The Morgan fingerprint density at radius 2 is 1.33 bits per heavy atom. The summed E-state index contributed by atoms with van der Waals surface area (Å²) in [6, 6.07) is 0.351. The predicted molar refractivity (Wildman–Crippen MR) is 137 cm³/mol. The Labute approximate surface area is 203 Å².